The molecule has 1 saturated heterocycles. The number of aryl methyl sites for hydroxylation is 2. The van der Waals surface area contributed by atoms with E-state index in [1.54, 1.807) is 0 Å². The number of alkyl halides is 1. The van der Waals surface area contributed by atoms with Gasteiger partial charge in [0, 0.05) is 5.56 Å². The van der Waals surface area contributed by atoms with Crippen LogP contribution < -0.4 is 4.74 Å². The van der Waals surface area contributed by atoms with Crippen LogP contribution in [0.1, 0.15) is 43.9 Å². The molecule has 2 atom stereocenters. The Kier molecular flexibility index (Phi) is 5.69. The highest BCUT2D eigenvalue weighted by Gasteiger charge is 2.41. The third-order valence-corrected chi connectivity index (χ3v) is 4.46. The molecule has 1 aromatic rings. The average molecular weight is 357 g/mol. The van der Waals surface area contributed by atoms with E-state index in [0.717, 1.165) is 29.7 Å². The van der Waals surface area contributed by atoms with Crippen LogP contribution in [0.2, 0.25) is 0 Å². The molecule has 21 heavy (non-hydrogen) atoms. The summed E-state index contributed by atoms with van der Waals surface area (Å²) in [4.78, 5) is 0. The molecule has 4 heteroatoms. The highest BCUT2D eigenvalue weighted by atomic mass is 79.9. The number of rotatable bonds is 6. The van der Waals surface area contributed by atoms with Crippen molar-refractivity contribution in [3.05, 3.63) is 28.8 Å². The lowest BCUT2D eigenvalue weighted by Gasteiger charge is -2.28. The Bertz CT molecular complexity index is 489. The standard InChI is InChI=1S/C17H25BrO3/c1-5-7-14-9-15(8-12(3)16(14)19-6-2)17(11-18)20-10-13(4)21-17/h8-9,13H,5-7,10-11H2,1-4H3. The number of ether oxygens (including phenoxy) is 3. The van der Waals surface area contributed by atoms with Gasteiger partial charge in [0.25, 0.3) is 0 Å². The first-order valence-electron chi connectivity index (χ1n) is 7.70. The van der Waals surface area contributed by atoms with Gasteiger partial charge in [0.15, 0.2) is 0 Å². The van der Waals surface area contributed by atoms with Gasteiger partial charge in [-0.25, -0.2) is 0 Å². The van der Waals surface area contributed by atoms with Crippen LogP contribution in [0.5, 0.6) is 5.75 Å². The van der Waals surface area contributed by atoms with Crippen molar-refractivity contribution in [2.24, 2.45) is 0 Å². The number of hydrogen-bond acceptors (Lipinski definition) is 3. The summed E-state index contributed by atoms with van der Waals surface area (Å²) in [5, 5.41) is 0.628. The lowest BCUT2D eigenvalue weighted by molar-refractivity contribution is -0.154. The molecule has 0 saturated carbocycles. The Labute approximate surface area is 136 Å². The summed E-state index contributed by atoms with van der Waals surface area (Å²) in [6.45, 7) is 9.65. The molecule has 3 nitrogen and oxygen atoms in total. The molecule has 118 valence electrons. The Morgan fingerprint density at radius 1 is 1.38 bits per heavy atom. The summed E-state index contributed by atoms with van der Waals surface area (Å²) in [7, 11) is 0. The topological polar surface area (TPSA) is 27.7 Å². The van der Waals surface area contributed by atoms with Crippen molar-refractivity contribution in [1.29, 1.82) is 0 Å². The van der Waals surface area contributed by atoms with E-state index in [0.29, 0.717) is 18.5 Å². The van der Waals surface area contributed by atoms with Gasteiger partial charge in [0.2, 0.25) is 5.79 Å². The Morgan fingerprint density at radius 3 is 2.67 bits per heavy atom. The molecule has 0 radical (unpaired) electrons. The Balaban J connectivity index is 2.44. The van der Waals surface area contributed by atoms with E-state index in [4.69, 9.17) is 14.2 Å². The quantitative estimate of drug-likeness (QED) is 0.710. The molecule has 1 aliphatic rings. The second-order valence-electron chi connectivity index (χ2n) is 5.59. The van der Waals surface area contributed by atoms with Crippen molar-refractivity contribution in [3.8, 4) is 5.75 Å². The van der Waals surface area contributed by atoms with Crippen molar-refractivity contribution in [3.63, 3.8) is 0 Å². The van der Waals surface area contributed by atoms with Crippen LogP contribution in [0.15, 0.2) is 12.1 Å². The van der Waals surface area contributed by atoms with Crippen LogP contribution in [0.3, 0.4) is 0 Å². The molecule has 0 N–H and O–H groups in total. The van der Waals surface area contributed by atoms with E-state index in [-0.39, 0.29) is 6.10 Å². The molecule has 0 amide bonds. The lowest BCUT2D eigenvalue weighted by Crippen LogP contribution is -2.30. The van der Waals surface area contributed by atoms with Crippen LogP contribution in [-0.4, -0.2) is 24.6 Å². The smallest absolute Gasteiger partial charge is 0.205 e. The van der Waals surface area contributed by atoms with E-state index < -0.39 is 5.79 Å². The second kappa shape index (κ2) is 7.12. The maximum Gasteiger partial charge on any atom is 0.205 e. The van der Waals surface area contributed by atoms with Gasteiger partial charge in [-0.05, 0) is 50.5 Å². The second-order valence-corrected chi connectivity index (χ2v) is 6.15. The fourth-order valence-electron chi connectivity index (χ4n) is 2.82. The van der Waals surface area contributed by atoms with Crippen LogP contribution in [-0.2, 0) is 21.7 Å². The number of hydrogen-bond donors (Lipinski definition) is 0. The van der Waals surface area contributed by atoms with Crippen molar-refractivity contribution in [2.45, 2.75) is 52.4 Å². The van der Waals surface area contributed by atoms with Crippen molar-refractivity contribution in [1.82, 2.24) is 0 Å². The minimum absolute atomic E-state index is 0.115. The summed E-state index contributed by atoms with van der Waals surface area (Å²) >= 11 is 3.55. The first kappa shape index (κ1) is 16.8. The van der Waals surface area contributed by atoms with E-state index in [1.807, 2.05) is 13.8 Å². The van der Waals surface area contributed by atoms with Crippen LogP contribution >= 0.6 is 15.9 Å². The summed E-state index contributed by atoms with van der Waals surface area (Å²) in [5.74, 6) is 0.344. The molecule has 1 heterocycles. The molecule has 0 spiro atoms. The maximum atomic E-state index is 6.06. The molecule has 2 rings (SSSR count). The first-order valence-corrected chi connectivity index (χ1v) is 8.83. The zero-order chi connectivity index (χ0) is 15.5. The van der Waals surface area contributed by atoms with E-state index in [1.165, 1.54) is 5.56 Å². The van der Waals surface area contributed by atoms with Gasteiger partial charge in [-0.2, -0.15) is 0 Å². The van der Waals surface area contributed by atoms with Crippen LogP contribution in [0, 0.1) is 6.92 Å². The van der Waals surface area contributed by atoms with Gasteiger partial charge in [0.1, 0.15) is 5.75 Å². The highest BCUT2D eigenvalue weighted by Crippen LogP contribution is 2.39. The highest BCUT2D eigenvalue weighted by molar-refractivity contribution is 9.09. The normalized spacial score (nSPS) is 25.3. The average Bonchev–Trinajstić information content (AvgIpc) is 2.85. The minimum atomic E-state index is -0.669. The molecule has 1 aliphatic heterocycles. The molecule has 1 fully saturated rings. The molecule has 1 aromatic carbocycles. The number of halogens is 1. The third kappa shape index (κ3) is 3.43. The monoisotopic (exact) mass is 356 g/mol. The molecule has 0 aliphatic carbocycles. The van der Waals surface area contributed by atoms with Crippen LogP contribution in [0.25, 0.3) is 0 Å². The predicted molar refractivity (Wildman–Crippen MR) is 88.3 cm³/mol. The predicted octanol–water partition coefficient (Wildman–Crippen LogP) is 4.33. The van der Waals surface area contributed by atoms with Gasteiger partial charge in [-0.1, -0.05) is 29.3 Å². The van der Waals surface area contributed by atoms with Gasteiger partial charge >= 0.3 is 0 Å². The molecule has 0 bridgehead atoms. The molecule has 2 unspecified atom stereocenters. The molecular weight excluding hydrogens is 332 g/mol. The largest absolute Gasteiger partial charge is 0.493 e. The summed E-state index contributed by atoms with van der Waals surface area (Å²) in [6.07, 6.45) is 2.20. The van der Waals surface area contributed by atoms with Gasteiger partial charge < -0.3 is 14.2 Å². The maximum absolute atomic E-state index is 6.06. The summed E-state index contributed by atoms with van der Waals surface area (Å²) in [5.41, 5.74) is 3.46. The molecular formula is C17H25BrO3. The SMILES string of the molecule is CCCc1cc(C2(CBr)OCC(C)O2)cc(C)c1OCC. The van der Waals surface area contributed by atoms with E-state index in [9.17, 15) is 0 Å². The first-order chi connectivity index (χ1) is 10.1. The van der Waals surface area contributed by atoms with Gasteiger partial charge in [0.05, 0.1) is 24.6 Å². The third-order valence-electron chi connectivity index (χ3n) is 3.72. The Morgan fingerprint density at radius 2 is 2.14 bits per heavy atom. The zero-order valence-electron chi connectivity index (χ0n) is 13.4. The lowest BCUT2D eigenvalue weighted by atomic mass is 9.97. The van der Waals surface area contributed by atoms with Crippen molar-refractivity contribution in [2.75, 3.05) is 18.5 Å². The van der Waals surface area contributed by atoms with Gasteiger partial charge in [-0.3, -0.25) is 0 Å². The fourth-order valence-corrected chi connectivity index (χ4v) is 3.43. The van der Waals surface area contributed by atoms with E-state index >= 15 is 0 Å². The van der Waals surface area contributed by atoms with Crippen molar-refractivity contribution >= 4 is 15.9 Å². The van der Waals surface area contributed by atoms with Gasteiger partial charge in [-0.15, -0.1) is 0 Å². The van der Waals surface area contributed by atoms with Crippen LogP contribution in [0.4, 0.5) is 0 Å². The van der Waals surface area contributed by atoms with E-state index in [2.05, 4.69) is 41.9 Å². The zero-order valence-corrected chi connectivity index (χ0v) is 15.0. The fraction of sp³-hybridized carbons (Fsp3) is 0.647. The molecule has 0 aromatic heterocycles. The van der Waals surface area contributed by atoms with Crippen molar-refractivity contribution < 1.29 is 14.2 Å². The Hall–Kier alpha value is -0.580. The summed E-state index contributed by atoms with van der Waals surface area (Å²) in [6, 6.07) is 4.31. The summed E-state index contributed by atoms with van der Waals surface area (Å²) < 4.78 is 17.9. The number of benzene rings is 1. The minimum Gasteiger partial charge on any atom is -0.493 e.